The van der Waals surface area contributed by atoms with E-state index >= 15 is 0 Å². The van der Waals surface area contributed by atoms with Crippen molar-refractivity contribution in [3.63, 3.8) is 0 Å². The SMILES string of the molecule is CCCCCC/C=C\CCCCCCCC(=O)OC[C@H](COP(=O)(O)OCCN)OC(=O)CCCCCCC/C=C\CCCCCC.CCCCCC/C=C\CCCCCCCC(=O)OC[C@H](COP(=O)(O)OCCN)OC(=O)CCCCCCC/C=C\CCCCCC. The molecule has 94 heavy (non-hydrogen) atoms. The van der Waals surface area contributed by atoms with Crippen LogP contribution in [0.15, 0.2) is 48.6 Å². The van der Waals surface area contributed by atoms with E-state index in [0.717, 1.165) is 141 Å². The molecule has 0 aliphatic heterocycles. The third-order valence-electron chi connectivity index (χ3n) is 15.6. The van der Waals surface area contributed by atoms with Gasteiger partial charge in [0.15, 0.2) is 12.2 Å². The highest BCUT2D eigenvalue weighted by atomic mass is 31.2. The van der Waals surface area contributed by atoms with Crippen molar-refractivity contribution < 1.29 is 75.1 Å². The maximum Gasteiger partial charge on any atom is 0.472 e. The van der Waals surface area contributed by atoms with Gasteiger partial charge >= 0.3 is 39.5 Å². The zero-order chi connectivity index (χ0) is 69.4. The number of carbonyl (C=O) groups is 4. The first-order valence-electron chi connectivity index (χ1n) is 37.6. The third kappa shape index (κ3) is 73.2. The average Bonchev–Trinajstić information content (AvgIpc) is 2.78. The predicted molar refractivity (Wildman–Crippen MR) is 384 cm³/mol. The molecule has 0 aliphatic carbocycles. The molecular weight excluding hydrogens is 1230 g/mol. The van der Waals surface area contributed by atoms with Crippen LogP contribution >= 0.6 is 15.6 Å². The lowest BCUT2D eigenvalue weighted by Gasteiger charge is -2.19. The molecule has 0 aromatic rings. The fourth-order valence-electron chi connectivity index (χ4n) is 9.95. The topological polar surface area (TPSA) is 269 Å². The predicted octanol–water partition coefficient (Wildman–Crippen LogP) is 20.1. The van der Waals surface area contributed by atoms with E-state index < -0.39 is 64.9 Å². The number of rotatable bonds is 70. The summed E-state index contributed by atoms with van der Waals surface area (Å²) in [6, 6.07) is 0. The molecule has 20 heteroatoms. The highest BCUT2D eigenvalue weighted by Gasteiger charge is 2.27. The Morgan fingerprint density at radius 3 is 0.755 bits per heavy atom. The molecule has 0 bridgehead atoms. The zero-order valence-electron chi connectivity index (χ0n) is 60.0. The molecule has 0 amide bonds. The van der Waals surface area contributed by atoms with Crippen molar-refractivity contribution in [3.05, 3.63) is 48.6 Å². The Morgan fingerprint density at radius 1 is 0.309 bits per heavy atom. The van der Waals surface area contributed by atoms with Gasteiger partial charge in [-0.25, -0.2) is 9.13 Å². The second-order valence-electron chi connectivity index (χ2n) is 24.9. The molecule has 2 unspecified atom stereocenters. The van der Waals surface area contributed by atoms with Crippen molar-refractivity contribution in [1.29, 1.82) is 0 Å². The number of hydrogen-bond acceptors (Lipinski definition) is 16. The van der Waals surface area contributed by atoms with Crippen molar-refractivity contribution in [2.45, 2.75) is 348 Å². The Morgan fingerprint density at radius 2 is 0.521 bits per heavy atom. The summed E-state index contributed by atoms with van der Waals surface area (Å²) < 4.78 is 65.2. The van der Waals surface area contributed by atoms with Crippen LogP contribution in [0, 0.1) is 0 Å². The van der Waals surface area contributed by atoms with Gasteiger partial charge < -0.3 is 40.2 Å². The van der Waals surface area contributed by atoms with Crippen LogP contribution in [-0.2, 0) is 65.4 Å². The van der Waals surface area contributed by atoms with Gasteiger partial charge in [-0.2, -0.15) is 0 Å². The maximum absolute atomic E-state index is 12.5. The van der Waals surface area contributed by atoms with E-state index in [0.29, 0.717) is 12.8 Å². The number of phosphoric ester groups is 2. The van der Waals surface area contributed by atoms with Gasteiger partial charge in [0.2, 0.25) is 0 Å². The van der Waals surface area contributed by atoms with E-state index in [4.69, 9.17) is 48.5 Å². The first-order chi connectivity index (χ1) is 45.7. The zero-order valence-corrected chi connectivity index (χ0v) is 61.8. The number of nitrogens with two attached hydrogens (primary N) is 2. The molecule has 0 fully saturated rings. The molecule has 0 radical (unpaired) electrons. The van der Waals surface area contributed by atoms with E-state index in [1.807, 2.05) is 0 Å². The van der Waals surface area contributed by atoms with Crippen LogP contribution in [0.2, 0.25) is 0 Å². The molecule has 0 aromatic carbocycles. The lowest BCUT2D eigenvalue weighted by atomic mass is 10.1. The van der Waals surface area contributed by atoms with Crippen molar-refractivity contribution >= 4 is 39.5 Å². The summed E-state index contributed by atoms with van der Waals surface area (Å²) in [7, 11) is -8.74. The summed E-state index contributed by atoms with van der Waals surface area (Å²) in [5.41, 5.74) is 10.6. The maximum atomic E-state index is 12.5. The lowest BCUT2D eigenvalue weighted by molar-refractivity contribution is -0.161. The van der Waals surface area contributed by atoms with Gasteiger partial charge in [-0.05, 0) is 128 Å². The number of carbonyl (C=O) groups excluding carboxylic acids is 4. The van der Waals surface area contributed by atoms with Crippen molar-refractivity contribution in [3.8, 4) is 0 Å². The summed E-state index contributed by atoms with van der Waals surface area (Å²) in [6.07, 6.45) is 66.9. The van der Waals surface area contributed by atoms with Gasteiger partial charge in [0, 0.05) is 38.8 Å². The molecular formula is C74H140N2O16P2. The van der Waals surface area contributed by atoms with Crippen LogP contribution in [-0.4, -0.2) is 98.6 Å². The summed E-state index contributed by atoms with van der Waals surface area (Å²) in [5.74, 6) is -1.70. The lowest BCUT2D eigenvalue weighted by Crippen LogP contribution is -2.29. The summed E-state index contributed by atoms with van der Waals surface area (Å²) in [5, 5.41) is 0. The molecule has 0 heterocycles. The number of hydrogen-bond donors (Lipinski definition) is 4. The standard InChI is InChI=1S/2C37H70NO8P/c2*1-3-5-7-9-11-13-15-17-19-21-23-25-27-29-36(39)43-33-35(34-45-47(41,42)44-32-31-38)46-37(40)30-28-26-24-22-20-18-16-14-12-10-8-6-4-2/h2*13-16,35H,3-12,17-34,38H2,1-2H3,(H,41,42)/b2*15-13-,16-14-/t2*35-/m11/s1. The number of allylic oxidation sites excluding steroid dienone is 8. The van der Waals surface area contributed by atoms with E-state index in [-0.39, 0.29) is 65.2 Å². The van der Waals surface area contributed by atoms with E-state index in [9.17, 15) is 38.1 Å². The van der Waals surface area contributed by atoms with Crippen molar-refractivity contribution in [2.24, 2.45) is 11.5 Å². The van der Waals surface area contributed by atoms with Gasteiger partial charge in [-0.3, -0.25) is 37.3 Å². The molecule has 0 saturated heterocycles. The van der Waals surface area contributed by atoms with Gasteiger partial charge in [-0.15, -0.1) is 0 Å². The smallest absolute Gasteiger partial charge is 0.462 e. The molecule has 6 N–H and O–H groups in total. The highest BCUT2D eigenvalue weighted by molar-refractivity contribution is 7.47. The molecule has 0 rings (SSSR count). The van der Waals surface area contributed by atoms with Gasteiger partial charge in [0.25, 0.3) is 0 Å². The van der Waals surface area contributed by atoms with Gasteiger partial charge in [0.05, 0.1) is 26.4 Å². The Labute approximate surface area is 573 Å². The van der Waals surface area contributed by atoms with Gasteiger partial charge in [0.1, 0.15) is 13.2 Å². The minimum absolute atomic E-state index is 0.0516. The molecule has 0 aliphatic rings. The summed E-state index contributed by atoms with van der Waals surface area (Å²) >= 11 is 0. The first-order valence-corrected chi connectivity index (χ1v) is 40.6. The minimum Gasteiger partial charge on any atom is -0.462 e. The monoisotopic (exact) mass is 1370 g/mol. The van der Waals surface area contributed by atoms with Crippen LogP contribution in [0.4, 0.5) is 0 Å². The Kier molecular flexibility index (Phi) is 72.0. The van der Waals surface area contributed by atoms with Gasteiger partial charge in [-0.1, -0.05) is 230 Å². The Hall–Kier alpha value is -3.02. The number of phosphoric acid groups is 2. The number of esters is 4. The molecule has 0 spiro atoms. The summed E-state index contributed by atoms with van der Waals surface area (Å²) in [6.45, 7) is 7.33. The number of unbranched alkanes of at least 4 members (excludes halogenated alkanes) is 36. The van der Waals surface area contributed by atoms with Crippen LogP contribution in [0.25, 0.3) is 0 Å². The Balaban J connectivity index is 0. The summed E-state index contributed by atoms with van der Waals surface area (Å²) in [4.78, 5) is 69.3. The molecule has 0 saturated carbocycles. The quantitative estimate of drug-likeness (QED) is 0.0145. The molecule has 18 nitrogen and oxygen atoms in total. The average molecular weight is 1380 g/mol. The van der Waals surface area contributed by atoms with E-state index in [1.165, 1.54) is 128 Å². The molecule has 0 aromatic heterocycles. The van der Waals surface area contributed by atoms with Crippen molar-refractivity contribution in [2.75, 3.05) is 52.7 Å². The third-order valence-corrected chi connectivity index (χ3v) is 17.6. The second kappa shape index (κ2) is 72.7. The Bertz CT molecular complexity index is 1800. The van der Waals surface area contributed by atoms with E-state index in [2.05, 4.69) is 76.3 Å². The second-order valence-corrected chi connectivity index (χ2v) is 27.8. The molecule has 4 atom stereocenters. The van der Waals surface area contributed by atoms with Crippen molar-refractivity contribution in [1.82, 2.24) is 0 Å². The molecule has 552 valence electrons. The fraction of sp³-hybridized carbons (Fsp3) is 0.838. The first kappa shape index (κ1) is 93.0. The number of ether oxygens (including phenoxy) is 4. The van der Waals surface area contributed by atoms with Crippen LogP contribution in [0.5, 0.6) is 0 Å². The van der Waals surface area contributed by atoms with Crippen LogP contribution in [0.1, 0.15) is 336 Å². The highest BCUT2D eigenvalue weighted by Crippen LogP contribution is 2.44. The van der Waals surface area contributed by atoms with E-state index in [1.54, 1.807) is 0 Å². The fourth-order valence-corrected chi connectivity index (χ4v) is 11.5. The largest absolute Gasteiger partial charge is 0.472 e. The van der Waals surface area contributed by atoms with Crippen LogP contribution in [0.3, 0.4) is 0 Å². The minimum atomic E-state index is -4.37. The normalized spacial score (nSPS) is 13.7. The van der Waals surface area contributed by atoms with Crippen LogP contribution < -0.4 is 11.5 Å².